The maximum Gasteiger partial charge on any atom is 0.347 e. The molecule has 1 saturated heterocycles. The van der Waals surface area contributed by atoms with Gasteiger partial charge in [-0.25, -0.2) is 9.78 Å². The molecule has 0 radical (unpaired) electrons. The normalized spacial score (nSPS) is 20.6. The molecule has 35 heavy (non-hydrogen) atoms. The molecule has 0 spiro atoms. The molecule has 1 unspecified atom stereocenters. The van der Waals surface area contributed by atoms with Crippen LogP contribution in [-0.2, 0) is 11.2 Å². The summed E-state index contributed by atoms with van der Waals surface area (Å²) in [4.78, 5) is 46.1. The second-order valence-corrected chi connectivity index (χ2v) is 10.4. The van der Waals surface area contributed by atoms with Crippen molar-refractivity contribution in [1.82, 2.24) is 20.4 Å². The highest BCUT2D eigenvalue weighted by Crippen LogP contribution is 2.48. The molecule has 3 atom stereocenters. The van der Waals surface area contributed by atoms with Gasteiger partial charge in [-0.05, 0) is 13.8 Å². The Kier molecular flexibility index (Phi) is 5.98. The van der Waals surface area contributed by atoms with Crippen LogP contribution >= 0.6 is 34.5 Å². The number of H-pyrrole nitrogens is 1. The fourth-order valence-electron chi connectivity index (χ4n) is 4.37. The predicted molar refractivity (Wildman–Crippen MR) is 129 cm³/mol. The number of aryl methyl sites for hydroxylation is 2. The molecule has 2 aliphatic rings. The number of anilines is 2. The van der Waals surface area contributed by atoms with E-state index in [1.807, 2.05) is 4.90 Å². The molecule has 11 nitrogen and oxygen atoms in total. The van der Waals surface area contributed by atoms with E-state index in [4.69, 9.17) is 27.7 Å². The lowest BCUT2D eigenvalue weighted by atomic mass is 10.2. The van der Waals surface area contributed by atoms with E-state index in [1.54, 1.807) is 19.9 Å². The zero-order valence-corrected chi connectivity index (χ0v) is 20.8. The predicted octanol–water partition coefficient (Wildman–Crippen LogP) is 3.13. The van der Waals surface area contributed by atoms with E-state index in [0.29, 0.717) is 34.6 Å². The lowest BCUT2D eigenvalue weighted by molar-refractivity contribution is -0.115. The van der Waals surface area contributed by atoms with Gasteiger partial charge in [-0.15, -0.1) is 0 Å². The Hall–Kier alpha value is -3.09. The highest BCUT2D eigenvalue weighted by Gasteiger charge is 2.57. The Bertz CT molecular complexity index is 1340. The number of carbonyl (C=O) groups is 3. The fourth-order valence-corrected chi connectivity index (χ4v) is 5.72. The maximum atomic E-state index is 12.6. The molecular weight excluding hydrogens is 519 g/mol. The SMILES string of the molecule is Cc1cc(NC(=O)Cc2nc(N3C[C@@H]4C(NC(=O)c5[nH]c(C)c(Cl)c5Cl)[C@@H]4C3)sc2C(=O)O)on1. The van der Waals surface area contributed by atoms with Gasteiger partial charge in [-0.1, -0.05) is 39.7 Å². The second kappa shape index (κ2) is 8.85. The number of carbonyl (C=O) groups excluding carboxylic acids is 2. The third kappa shape index (κ3) is 4.48. The number of rotatable bonds is 7. The lowest BCUT2D eigenvalue weighted by Gasteiger charge is -2.19. The number of thiazole rings is 1. The van der Waals surface area contributed by atoms with E-state index in [0.717, 1.165) is 11.3 Å². The van der Waals surface area contributed by atoms with Crippen molar-refractivity contribution < 1.29 is 24.0 Å². The van der Waals surface area contributed by atoms with E-state index in [2.05, 4.69) is 25.8 Å². The molecule has 1 saturated carbocycles. The third-order valence-electron chi connectivity index (χ3n) is 6.14. The average molecular weight is 539 g/mol. The molecule has 184 valence electrons. The molecule has 0 aromatic carbocycles. The minimum absolute atomic E-state index is 0.00767. The van der Waals surface area contributed by atoms with Gasteiger partial charge >= 0.3 is 5.97 Å². The van der Waals surface area contributed by atoms with Gasteiger partial charge in [0.15, 0.2) is 5.13 Å². The van der Waals surface area contributed by atoms with Crippen LogP contribution in [0.25, 0.3) is 0 Å². The minimum atomic E-state index is -1.14. The largest absolute Gasteiger partial charge is 0.477 e. The number of carboxylic acid groups (broad SMARTS) is 1. The summed E-state index contributed by atoms with van der Waals surface area (Å²) < 4.78 is 4.96. The smallest absolute Gasteiger partial charge is 0.347 e. The molecule has 5 rings (SSSR count). The summed E-state index contributed by atoms with van der Waals surface area (Å²) in [7, 11) is 0. The monoisotopic (exact) mass is 538 g/mol. The van der Waals surface area contributed by atoms with Crippen LogP contribution < -0.4 is 15.5 Å². The number of amides is 2. The van der Waals surface area contributed by atoms with Crippen molar-refractivity contribution in [1.29, 1.82) is 0 Å². The molecule has 1 aliphatic carbocycles. The summed E-state index contributed by atoms with van der Waals surface area (Å²) >= 11 is 13.2. The number of piperidine rings is 1. The van der Waals surface area contributed by atoms with Gasteiger partial charge in [-0.3, -0.25) is 14.9 Å². The first-order valence-corrected chi connectivity index (χ1v) is 12.2. The van der Waals surface area contributed by atoms with Crippen molar-refractivity contribution in [2.24, 2.45) is 11.8 Å². The minimum Gasteiger partial charge on any atom is -0.477 e. The summed E-state index contributed by atoms with van der Waals surface area (Å²) in [6, 6.07) is 1.56. The topological polar surface area (TPSA) is 153 Å². The van der Waals surface area contributed by atoms with Crippen LogP contribution in [0.15, 0.2) is 10.6 Å². The molecule has 2 fully saturated rings. The lowest BCUT2D eigenvalue weighted by Crippen LogP contribution is -2.34. The highest BCUT2D eigenvalue weighted by atomic mass is 35.5. The standard InChI is InChI=1S/C21H20Cl2N6O5S/c1-7-3-13(34-28-7)26-12(30)4-11-18(20(32)33)35-21(25-11)29-5-9-10(6-29)16(9)27-19(31)17-15(23)14(22)8(2)24-17/h3,9-10,16,24H,4-6H2,1-2H3,(H,26,30)(H,27,31)(H,32,33)/t9-,10+,16?. The van der Waals surface area contributed by atoms with Gasteiger partial charge in [0, 0.05) is 42.7 Å². The molecule has 1 aliphatic heterocycles. The Morgan fingerprint density at radius 3 is 2.54 bits per heavy atom. The summed E-state index contributed by atoms with van der Waals surface area (Å²) in [6.07, 6.45) is -0.212. The molecule has 0 bridgehead atoms. The van der Waals surface area contributed by atoms with Crippen molar-refractivity contribution in [2.75, 3.05) is 23.3 Å². The Balaban J connectivity index is 1.21. The fraction of sp³-hybridized carbons (Fsp3) is 0.381. The van der Waals surface area contributed by atoms with Crippen molar-refractivity contribution in [3.63, 3.8) is 0 Å². The first kappa shape index (κ1) is 23.6. The Labute approximate surface area is 212 Å². The maximum absolute atomic E-state index is 12.6. The number of nitrogens with zero attached hydrogens (tertiary/aromatic N) is 3. The molecular formula is C21H20Cl2N6O5S. The van der Waals surface area contributed by atoms with Crippen LogP contribution in [0.3, 0.4) is 0 Å². The number of hydrogen-bond acceptors (Lipinski definition) is 8. The van der Waals surface area contributed by atoms with Gasteiger partial charge in [0.25, 0.3) is 5.91 Å². The number of fused-ring (bicyclic) bond motifs is 1. The Morgan fingerprint density at radius 2 is 1.97 bits per heavy atom. The van der Waals surface area contributed by atoms with Crippen molar-refractivity contribution in [2.45, 2.75) is 26.3 Å². The number of hydrogen-bond donors (Lipinski definition) is 4. The van der Waals surface area contributed by atoms with E-state index in [9.17, 15) is 19.5 Å². The van der Waals surface area contributed by atoms with Crippen molar-refractivity contribution in [3.05, 3.63) is 43.8 Å². The molecule has 4 heterocycles. The van der Waals surface area contributed by atoms with Crippen LogP contribution in [-0.4, -0.2) is 57.1 Å². The van der Waals surface area contributed by atoms with Crippen LogP contribution in [0, 0.1) is 25.7 Å². The first-order chi connectivity index (χ1) is 16.6. The number of nitrogens with one attached hydrogen (secondary N) is 3. The highest BCUT2D eigenvalue weighted by molar-refractivity contribution is 7.17. The number of carboxylic acids is 1. The molecule has 3 aromatic heterocycles. The third-order valence-corrected chi connectivity index (χ3v) is 8.24. The quantitative estimate of drug-likeness (QED) is 0.357. The van der Waals surface area contributed by atoms with E-state index in [-0.39, 0.29) is 57.4 Å². The summed E-state index contributed by atoms with van der Waals surface area (Å²) in [5, 5.41) is 19.9. The van der Waals surface area contributed by atoms with Crippen LogP contribution in [0.4, 0.5) is 11.0 Å². The summed E-state index contributed by atoms with van der Waals surface area (Å²) in [5.41, 5.74) is 1.66. The summed E-state index contributed by atoms with van der Waals surface area (Å²) in [5.74, 6) is -1.30. The number of aromatic nitrogens is 3. The second-order valence-electron chi connectivity index (χ2n) is 8.62. The van der Waals surface area contributed by atoms with E-state index in [1.165, 1.54) is 0 Å². The number of aromatic amines is 1. The molecule has 2 amide bonds. The van der Waals surface area contributed by atoms with Crippen LogP contribution in [0.5, 0.6) is 0 Å². The molecule has 14 heteroatoms. The van der Waals surface area contributed by atoms with Crippen LogP contribution in [0.1, 0.15) is 37.2 Å². The van der Waals surface area contributed by atoms with Gasteiger partial charge in [-0.2, -0.15) is 0 Å². The molecule has 4 N–H and O–H groups in total. The van der Waals surface area contributed by atoms with E-state index >= 15 is 0 Å². The number of halogens is 2. The first-order valence-electron chi connectivity index (χ1n) is 10.7. The zero-order chi connectivity index (χ0) is 25.0. The van der Waals surface area contributed by atoms with Gasteiger partial charge < -0.3 is 24.8 Å². The summed E-state index contributed by atoms with van der Waals surface area (Å²) in [6.45, 7) is 4.69. The Morgan fingerprint density at radius 1 is 1.26 bits per heavy atom. The van der Waals surface area contributed by atoms with Gasteiger partial charge in [0.2, 0.25) is 11.8 Å². The number of aromatic carboxylic acids is 1. The van der Waals surface area contributed by atoms with E-state index < -0.39 is 11.9 Å². The molecule has 3 aromatic rings. The van der Waals surface area contributed by atoms with Gasteiger partial charge in [0.05, 0.1) is 27.9 Å². The van der Waals surface area contributed by atoms with Crippen molar-refractivity contribution in [3.8, 4) is 0 Å². The van der Waals surface area contributed by atoms with Crippen molar-refractivity contribution >= 4 is 63.3 Å². The zero-order valence-electron chi connectivity index (χ0n) is 18.5. The van der Waals surface area contributed by atoms with Crippen LogP contribution in [0.2, 0.25) is 10.0 Å². The van der Waals surface area contributed by atoms with Gasteiger partial charge in [0.1, 0.15) is 10.6 Å². The average Bonchev–Trinajstić information content (AvgIpc) is 3.30.